The van der Waals surface area contributed by atoms with Gasteiger partial charge in [-0.2, -0.15) is 10.5 Å². The molecular formula is C12H7N5O2S. The van der Waals surface area contributed by atoms with E-state index in [1.165, 1.54) is 30.5 Å². The minimum absolute atomic E-state index is 0.0809. The normalized spacial score (nSPS) is 10.3. The Morgan fingerprint density at radius 1 is 1.00 bits per heavy atom. The van der Waals surface area contributed by atoms with Gasteiger partial charge in [0.2, 0.25) is 0 Å². The van der Waals surface area contributed by atoms with Gasteiger partial charge in [-0.3, -0.25) is 4.72 Å². The highest BCUT2D eigenvalue weighted by Crippen LogP contribution is 2.13. The van der Waals surface area contributed by atoms with E-state index in [0.717, 1.165) is 6.20 Å². The van der Waals surface area contributed by atoms with Crippen molar-refractivity contribution in [2.24, 2.45) is 0 Å². The predicted molar refractivity (Wildman–Crippen MR) is 68.7 cm³/mol. The van der Waals surface area contributed by atoms with Gasteiger partial charge in [0, 0.05) is 12.4 Å². The average Bonchev–Trinajstić information content (AvgIpc) is 2.48. The third-order valence-corrected chi connectivity index (χ3v) is 3.63. The van der Waals surface area contributed by atoms with Crippen LogP contribution in [0.3, 0.4) is 0 Å². The molecule has 0 amide bonds. The van der Waals surface area contributed by atoms with E-state index in [4.69, 9.17) is 10.5 Å². The van der Waals surface area contributed by atoms with Gasteiger partial charge < -0.3 is 0 Å². The zero-order chi connectivity index (χ0) is 14.6. The number of aromatic nitrogens is 2. The zero-order valence-corrected chi connectivity index (χ0v) is 10.8. The molecule has 2 rings (SSSR count). The molecule has 0 aromatic carbocycles. The molecule has 2 aromatic heterocycles. The van der Waals surface area contributed by atoms with Crippen molar-refractivity contribution in [1.82, 2.24) is 9.97 Å². The molecule has 0 aliphatic rings. The van der Waals surface area contributed by atoms with E-state index in [9.17, 15) is 8.42 Å². The maximum absolute atomic E-state index is 12.0. The van der Waals surface area contributed by atoms with Gasteiger partial charge >= 0.3 is 0 Å². The first-order valence-electron chi connectivity index (χ1n) is 5.30. The van der Waals surface area contributed by atoms with Crippen LogP contribution < -0.4 is 4.72 Å². The van der Waals surface area contributed by atoms with E-state index in [0.29, 0.717) is 5.56 Å². The standard InChI is InChI=1S/C12H7N5O2S/c13-5-9-1-4-12(16-7-9)17-20(18,19)11-3-2-10(6-14)15-8-11/h1-4,7-8H,(H,16,17). The van der Waals surface area contributed by atoms with E-state index in [2.05, 4.69) is 14.7 Å². The van der Waals surface area contributed by atoms with Gasteiger partial charge in [0.1, 0.15) is 28.5 Å². The summed E-state index contributed by atoms with van der Waals surface area (Å²) in [7, 11) is -3.83. The van der Waals surface area contributed by atoms with Crippen molar-refractivity contribution in [2.45, 2.75) is 4.90 Å². The van der Waals surface area contributed by atoms with Crippen molar-refractivity contribution in [3.63, 3.8) is 0 Å². The molecule has 0 radical (unpaired) electrons. The molecule has 98 valence electrons. The summed E-state index contributed by atoms with van der Waals surface area (Å²) in [5, 5.41) is 17.2. The molecule has 0 fully saturated rings. The van der Waals surface area contributed by atoms with Crippen LogP contribution >= 0.6 is 0 Å². The Hall–Kier alpha value is -2.97. The molecule has 2 aromatic rings. The number of rotatable bonds is 3. The molecule has 8 heteroatoms. The minimum Gasteiger partial charge on any atom is -0.263 e. The topological polar surface area (TPSA) is 120 Å². The second-order valence-corrected chi connectivity index (χ2v) is 5.32. The van der Waals surface area contributed by atoms with Crippen molar-refractivity contribution in [3.05, 3.63) is 47.9 Å². The van der Waals surface area contributed by atoms with Gasteiger partial charge in [-0.25, -0.2) is 18.4 Å². The maximum Gasteiger partial charge on any atom is 0.264 e. The predicted octanol–water partition coefficient (Wildman–Crippen LogP) is 1.02. The van der Waals surface area contributed by atoms with E-state index in [1.807, 2.05) is 6.07 Å². The molecule has 0 bridgehead atoms. The van der Waals surface area contributed by atoms with Gasteiger partial charge in [0.25, 0.3) is 10.0 Å². The summed E-state index contributed by atoms with van der Waals surface area (Å²) in [6, 6.07) is 9.09. The van der Waals surface area contributed by atoms with Crippen LogP contribution in [0.5, 0.6) is 0 Å². The van der Waals surface area contributed by atoms with E-state index < -0.39 is 10.0 Å². The Balaban J connectivity index is 2.26. The summed E-state index contributed by atoms with van der Waals surface area (Å²) in [5.74, 6) is 0.0911. The summed E-state index contributed by atoms with van der Waals surface area (Å²) >= 11 is 0. The van der Waals surface area contributed by atoms with Crippen LogP contribution in [0.25, 0.3) is 0 Å². The van der Waals surface area contributed by atoms with E-state index >= 15 is 0 Å². The van der Waals surface area contributed by atoms with Gasteiger partial charge in [-0.05, 0) is 24.3 Å². The quantitative estimate of drug-likeness (QED) is 0.899. The molecule has 1 N–H and O–H groups in total. The van der Waals surface area contributed by atoms with Crippen LogP contribution in [0, 0.1) is 22.7 Å². The molecule has 7 nitrogen and oxygen atoms in total. The number of hydrogen-bond donors (Lipinski definition) is 1. The summed E-state index contributed by atoms with van der Waals surface area (Å²) in [4.78, 5) is 7.42. The molecule has 0 aliphatic carbocycles. The molecule has 0 aliphatic heterocycles. The first-order valence-corrected chi connectivity index (χ1v) is 6.78. The van der Waals surface area contributed by atoms with Gasteiger partial charge in [-0.15, -0.1) is 0 Å². The first kappa shape index (κ1) is 13.5. The highest BCUT2D eigenvalue weighted by atomic mass is 32.2. The number of hydrogen-bond acceptors (Lipinski definition) is 6. The number of anilines is 1. The van der Waals surface area contributed by atoms with Crippen LogP contribution in [0.2, 0.25) is 0 Å². The Morgan fingerprint density at radius 2 is 1.80 bits per heavy atom. The lowest BCUT2D eigenvalue weighted by molar-refractivity contribution is 0.600. The average molecular weight is 285 g/mol. The number of pyridine rings is 2. The second-order valence-electron chi connectivity index (χ2n) is 3.64. The van der Waals surface area contributed by atoms with Crippen LogP contribution in [0.15, 0.2) is 41.6 Å². The lowest BCUT2D eigenvalue weighted by atomic mass is 10.3. The Kier molecular flexibility index (Phi) is 3.60. The Bertz CT molecular complexity index is 799. The summed E-state index contributed by atoms with van der Waals surface area (Å²) in [6.45, 7) is 0. The monoisotopic (exact) mass is 285 g/mol. The number of nitrogens with one attached hydrogen (secondary N) is 1. The minimum atomic E-state index is -3.83. The largest absolute Gasteiger partial charge is 0.264 e. The van der Waals surface area contributed by atoms with Crippen molar-refractivity contribution in [3.8, 4) is 12.1 Å². The first-order chi connectivity index (χ1) is 9.55. The van der Waals surface area contributed by atoms with Gasteiger partial charge in [-0.1, -0.05) is 0 Å². The van der Waals surface area contributed by atoms with E-state index in [-0.39, 0.29) is 16.4 Å². The molecule has 2 heterocycles. The SMILES string of the molecule is N#Cc1ccc(NS(=O)(=O)c2ccc(C#N)nc2)nc1. The fourth-order valence-electron chi connectivity index (χ4n) is 1.32. The maximum atomic E-state index is 12.0. The number of nitrogens with zero attached hydrogens (tertiary/aromatic N) is 4. The fourth-order valence-corrected chi connectivity index (χ4v) is 2.27. The van der Waals surface area contributed by atoms with Crippen molar-refractivity contribution in [2.75, 3.05) is 4.72 Å². The van der Waals surface area contributed by atoms with Crippen LogP contribution in [0.4, 0.5) is 5.82 Å². The van der Waals surface area contributed by atoms with E-state index in [1.54, 1.807) is 6.07 Å². The third kappa shape index (κ3) is 2.88. The fraction of sp³-hybridized carbons (Fsp3) is 0. The Labute approximate surface area is 115 Å². The molecule has 0 spiro atoms. The molecule has 20 heavy (non-hydrogen) atoms. The number of nitriles is 2. The molecule has 0 unspecified atom stereocenters. The summed E-state index contributed by atoms with van der Waals surface area (Å²) in [6.07, 6.45) is 2.35. The highest BCUT2D eigenvalue weighted by molar-refractivity contribution is 7.92. The van der Waals surface area contributed by atoms with Gasteiger partial charge in [0.05, 0.1) is 5.56 Å². The number of sulfonamides is 1. The molecule has 0 atom stereocenters. The lowest BCUT2D eigenvalue weighted by Crippen LogP contribution is -2.14. The second kappa shape index (κ2) is 5.34. The molecule has 0 saturated heterocycles. The molecule has 0 saturated carbocycles. The smallest absolute Gasteiger partial charge is 0.263 e. The van der Waals surface area contributed by atoms with Crippen LogP contribution in [-0.2, 0) is 10.0 Å². The Morgan fingerprint density at radius 3 is 2.30 bits per heavy atom. The van der Waals surface area contributed by atoms with Crippen LogP contribution in [-0.4, -0.2) is 18.4 Å². The molecular weight excluding hydrogens is 278 g/mol. The van der Waals surface area contributed by atoms with Crippen molar-refractivity contribution < 1.29 is 8.42 Å². The van der Waals surface area contributed by atoms with Crippen LogP contribution in [0.1, 0.15) is 11.3 Å². The van der Waals surface area contributed by atoms with Crippen molar-refractivity contribution in [1.29, 1.82) is 10.5 Å². The van der Waals surface area contributed by atoms with Crippen molar-refractivity contribution >= 4 is 15.8 Å². The van der Waals surface area contributed by atoms with Gasteiger partial charge in [0.15, 0.2) is 0 Å². The third-order valence-electron chi connectivity index (χ3n) is 2.29. The summed E-state index contributed by atoms with van der Waals surface area (Å²) in [5.41, 5.74) is 0.452. The summed E-state index contributed by atoms with van der Waals surface area (Å²) < 4.78 is 26.3. The highest BCUT2D eigenvalue weighted by Gasteiger charge is 2.15. The lowest BCUT2D eigenvalue weighted by Gasteiger charge is -2.06. The zero-order valence-electron chi connectivity index (χ0n) is 9.98.